The topological polar surface area (TPSA) is 55.9 Å². The van der Waals surface area contributed by atoms with Crippen LogP contribution in [0.4, 0.5) is 5.69 Å². The highest BCUT2D eigenvalue weighted by Crippen LogP contribution is 2.29. The van der Waals surface area contributed by atoms with Crippen molar-refractivity contribution in [2.24, 2.45) is 0 Å². The van der Waals surface area contributed by atoms with Crippen LogP contribution in [0.1, 0.15) is 11.3 Å². The van der Waals surface area contributed by atoms with Crippen LogP contribution in [0.15, 0.2) is 66.9 Å². The van der Waals surface area contributed by atoms with Gasteiger partial charge in [-0.1, -0.05) is 18.2 Å². The second-order valence-electron chi connectivity index (χ2n) is 6.52. The quantitative estimate of drug-likeness (QED) is 0.535. The number of ether oxygens (including phenoxy) is 3. The normalized spacial score (nSPS) is 10.2. The first-order valence-electron chi connectivity index (χ1n) is 9.43. The minimum absolute atomic E-state index is 0.567. The SMILES string of the molecule is COc1ccc(CN(Cc2ccccn2)C(=S)Nc2ccc(OC)cc2OC)cc1. The number of rotatable bonds is 8. The minimum atomic E-state index is 0.567. The van der Waals surface area contributed by atoms with Crippen molar-refractivity contribution in [3.05, 3.63) is 78.1 Å². The van der Waals surface area contributed by atoms with Gasteiger partial charge in [0.2, 0.25) is 0 Å². The number of benzene rings is 2. The first-order chi connectivity index (χ1) is 14.6. The van der Waals surface area contributed by atoms with E-state index in [1.165, 1.54) is 0 Å². The van der Waals surface area contributed by atoms with Crippen molar-refractivity contribution in [1.29, 1.82) is 0 Å². The second kappa shape index (κ2) is 10.5. The molecule has 0 aliphatic carbocycles. The van der Waals surface area contributed by atoms with E-state index in [9.17, 15) is 0 Å². The van der Waals surface area contributed by atoms with Crippen LogP contribution in [-0.2, 0) is 13.1 Å². The molecule has 0 saturated carbocycles. The van der Waals surface area contributed by atoms with Crippen molar-refractivity contribution < 1.29 is 14.2 Å². The third-order valence-corrected chi connectivity index (χ3v) is 4.91. The maximum atomic E-state index is 5.75. The summed E-state index contributed by atoms with van der Waals surface area (Å²) in [7, 11) is 4.89. The molecule has 7 heteroatoms. The molecular weight excluding hydrogens is 398 g/mol. The van der Waals surface area contributed by atoms with Gasteiger partial charge in [-0.2, -0.15) is 0 Å². The Labute approximate surface area is 182 Å². The number of hydrogen-bond donors (Lipinski definition) is 1. The molecule has 0 radical (unpaired) electrons. The maximum absolute atomic E-state index is 5.75. The van der Waals surface area contributed by atoms with Crippen molar-refractivity contribution >= 4 is 23.0 Å². The first-order valence-corrected chi connectivity index (χ1v) is 9.84. The van der Waals surface area contributed by atoms with Crippen LogP contribution in [-0.4, -0.2) is 36.3 Å². The largest absolute Gasteiger partial charge is 0.497 e. The number of pyridine rings is 1. The summed E-state index contributed by atoms with van der Waals surface area (Å²) in [6.45, 7) is 1.18. The van der Waals surface area contributed by atoms with Gasteiger partial charge in [-0.15, -0.1) is 0 Å². The third kappa shape index (κ3) is 5.61. The molecule has 2 aromatic carbocycles. The van der Waals surface area contributed by atoms with Crippen molar-refractivity contribution in [3.63, 3.8) is 0 Å². The van der Waals surface area contributed by atoms with Crippen LogP contribution in [0.25, 0.3) is 0 Å². The van der Waals surface area contributed by atoms with Gasteiger partial charge < -0.3 is 24.4 Å². The molecule has 156 valence electrons. The summed E-state index contributed by atoms with van der Waals surface area (Å²) in [5.41, 5.74) is 2.80. The van der Waals surface area contributed by atoms with Crippen molar-refractivity contribution in [2.75, 3.05) is 26.6 Å². The van der Waals surface area contributed by atoms with Gasteiger partial charge in [0.1, 0.15) is 17.2 Å². The van der Waals surface area contributed by atoms with E-state index in [0.29, 0.717) is 29.7 Å². The standard InChI is InChI=1S/C23H25N3O3S/c1-27-19-9-7-17(8-10-19)15-26(16-18-6-4-5-13-24-18)23(30)25-21-12-11-20(28-2)14-22(21)29-3/h4-14H,15-16H2,1-3H3,(H,25,30). The average Bonchev–Trinajstić information content (AvgIpc) is 2.80. The molecule has 0 fully saturated rings. The van der Waals surface area contributed by atoms with Crippen molar-refractivity contribution in [2.45, 2.75) is 13.1 Å². The van der Waals surface area contributed by atoms with Crippen LogP contribution in [0, 0.1) is 0 Å². The van der Waals surface area contributed by atoms with Crippen LogP contribution < -0.4 is 19.5 Å². The Kier molecular flexibility index (Phi) is 7.45. The third-order valence-electron chi connectivity index (χ3n) is 4.55. The molecule has 6 nitrogen and oxygen atoms in total. The monoisotopic (exact) mass is 423 g/mol. The highest BCUT2D eigenvalue weighted by atomic mass is 32.1. The summed E-state index contributed by atoms with van der Waals surface area (Å²) >= 11 is 5.75. The van der Waals surface area contributed by atoms with E-state index >= 15 is 0 Å². The zero-order chi connectivity index (χ0) is 21.3. The molecule has 0 spiro atoms. The fourth-order valence-corrected chi connectivity index (χ4v) is 3.17. The highest BCUT2D eigenvalue weighted by Gasteiger charge is 2.15. The van der Waals surface area contributed by atoms with Gasteiger partial charge >= 0.3 is 0 Å². The molecule has 0 amide bonds. The summed E-state index contributed by atoms with van der Waals surface area (Å²) in [6.07, 6.45) is 1.78. The van der Waals surface area contributed by atoms with E-state index in [0.717, 1.165) is 22.7 Å². The lowest BCUT2D eigenvalue weighted by Crippen LogP contribution is -2.34. The first kappa shape index (κ1) is 21.4. The number of nitrogens with zero attached hydrogens (tertiary/aromatic N) is 2. The summed E-state index contributed by atoms with van der Waals surface area (Å²) in [5.74, 6) is 2.18. The molecular formula is C23H25N3O3S. The summed E-state index contributed by atoms with van der Waals surface area (Å²) in [6, 6.07) is 19.4. The Morgan fingerprint density at radius 1 is 0.900 bits per heavy atom. The Balaban J connectivity index is 1.82. The Hall–Kier alpha value is -3.32. The molecule has 0 atom stereocenters. The van der Waals surface area contributed by atoms with E-state index in [-0.39, 0.29) is 0 Å². The number of methoxy groups -OCH3 is 3. The van der Waals surface area contributed by atoms with Gasteiger partial charge in [0.05, 0.1) is 39.3 Å². The summed E-state index contributed by atoms with van der Waals surface area (Å²) < 4.78 is 16.0. The second-order valence-corrected chi connectivity index (χ2v) is 6.91. The van der Waals surface area contributed by atoms with Crippen molar-refractivity contribution in [1.82, 2.24) is 9.88 Å². The Bertz CT molecular complexity index is 965. The average molecular weight is 424 g/mol. The van der Waals surface area contributed by atoms with Gasteiger partial charge in [-0.05, 0) is 54.2 Å². The molecule has 30 heavy (non-hydrogen) atoms. The van der Waals surface area contributed by atoms with Crippen LogP contribution >= 0.6 is 12.2 Å². The van der Waals surface area contributed by atoms with E-state index in [1.54, 1.807) is 27.5 Å². The molecule has 0 unspecified atom stereocenters. The number of hydrogen-bond acceptors (Lipinski definition) is 5. The van der Waals surface area contributed by atoms with Gasteiger partial charge in [0.25, 0.3) is 0 Å². The van der Waals surface area contributed by atoms with Gasteiger partial charge in [-0.3, -0.25) is 4.98 Å². The van der Waals surface area contributed by atoms with Crippen LogP contribution in [0.5, 0.6) is 17.2 Å². The zero-order valence-corrected chi connectivity index (χ0v) is 18.1. The minimum Gasteiger partial charge on any atom is -0.497 e. The lowest BCUT2D eigenvalue weighted by Gasteiger charge is -2.26. The highest BCUT2D eigenvalue weighted by molar-refractivity contribution is 7.80. The number of thiocarbonyl (C=S) groups is 1. The predicted molar refractivity (Wildman–Crippen MR) is 122 cm³/mol. The van der Waals surface area contributed by atoms with Gasteiger partial charge in [0.15, 0.2) is 5.11 Å². The van der Waals surface area contributed by atoms with Crippen LogP contribution in [0.3, 0.4) is 0 Å². The summed E-state index contributed by atoms with van der Waals surface area (Å²) in [4.78, 5) is 6.50. The molecule has 1 aromatic heterocycles. The molecule has 0 saturated heterocycles. The summed E-state index contributed by atoms with van der Waals surface area (Å²) in [5, 5.41) is 3.87. The smallest absolute Gasteiger partial charge is 0.174 e. The Morgan fingerprint density at radius 3 is 2.27 bits per heavy atom. The van der Waals surface area contributed by atoms with E-state index in [4.69, 9.17) is 26.4 Å². The number of aromatic nitrogens is 1. The molecule has 1 N–H and O–H groups in total. The Morgan fingerprint density at radius 2 is 1.63 bits per heavy atom. The maximum Gasteiger partial charge on any atom is 0.174 e. The number of anilines is 1. The van der Waals surface area contributed by atoms with E-state index in [2.05, 4.69) is 15.2 Å². The van der Waals surface area contributed by atoms with Gasteiger partial charge in [-0.25, -0.2) is 0 Å². The van der Waals surface area contributed by atoms with Gasteiger partial charge in [0, 0.05) is 18.8 Å². The fraction of sp³-hybridized carbons (Fsp3) is 0.217. The number of nitrogens with one attached hydrogen (secondary N) is 1. The predicted octanol–water partition coefficient (Wildman–Crippen LogP) is 4.51. The fourth-order valence-electron chi connectivity index (χ4n) is 2.93. The lowest BCUT2D eigenvalue weighted by molar-refractivity contribution is 0.394. The molecule has 0 bridgehead atoms. The van der Waals surface area contributed by atoms with Crippen molar-refractivity contribution in [3.8, 4) is 17.2 Å². The molecule has 3 aromatic rings. The lowest BCUT2D eigenvalue weighted by atomic mass is 10.2. The molecule has 0 aliphatic rings. The van der Waals surface area contributed by atoms with E-state index in [1.807, 2.05) is 60.7 Å². The molecule has 1 heterocycles. The molecule has 0 aliphatic heterocycles. The van der Waals surface area contributed by atoms with Crippen LogP contribution in [0.2, 0.25) is 0 Å². The molecule has 3 rings (SSSR count). The van der Waals surface area contributed by atoms with E-state index < -0.39 is 0 Å². The zero-order valence-electron chi connectivity index (χ0n) is 17.3.